The molecular formula is C13H26N2O3. The minimum atomic E-state index is -0.452. The van der Waals surface area contributed by atoms with E-state index in [1.165, 1.54) is 5.06 Å². The largest absolute Gasteiger partial charge is 0.444 e. The van der Waals surface area contributed by atoms with Crippen LogP contribution in [0.2, 0.25) is 0 Å². The molecule has 1 N–H and O–H groups in total. The summed E-state index contributed by atoms with van der Waals surface area (Å²) in [6.07, 6.45) is 3.72. The lowest BCUT2D eigenvalue weighted by Crippen LogP contribution is -2.47. The molecule has 0 aliphatic carbocycles. The molecule has 18 heavy (non-hydrogen) atoms. The molecule has 1 saturated heterocycles. The molecule has 1 rings (SSSR count). The molecule has 1 amide bonds. The quantitative estimate of drug-likeness (QED) is 0.790. The fraction of sp³-hybridized carbons (Fsp3) is 0.923. The van der Waals surface area contributed by atoms with Crippen LogP contribution in [0.3, 0.4) is 0 Å². The summed E-state index contributed by atoms with van der Waals surface area (Å²) < 4.78 is 5.43. The van der Waals surface area contributed by atoms with Gasteiger partial charge in [0.2, 0.25) is 0 Å². The molecule has 106 valence electrons. The van der Waals surface area contributed by atoms with Gasteiger partial charge in [0.25, 0.3) is 0 Å². The summed E-state index contributed by atoms with van der Waals surface area (Å²) in [5.41, 5.74) is -0.452. The molecule has 0 spiro atoms. The Hall–Kier alpha value is -0.810. The molecule has 0 saturated carbocycles. The number of ether oxygens (including phenoxy) is 1. The van der Waals surface area contributed by atoms with Crippen molar-refractivity contribution in [1.29, 1.82) is 0 Å². The van der Waals surface area contributed by atoms with Gasteiger partial charge >= 0.3 is 6.09 Å². The number of piperidine rings is 1. The van der Waals surface area contributed by atoms with Crippen LogP contribution in [0.15, 0.2) is 0 Å². The van der Waals surface area contributed by atoms with Crippen molar-refractivity contribution < 1.29 is 14.7 Å². The zero-order chi connectivity index (χ0) is 13.8. The van der Waals surface area contributed by atoms with Crippen LogP contribution in [-0.2, 0) is 4.74 Å². The van der Waals surface area contributed by atoms with Gasteiger partial charge in [-0.05, 0) is 46.5 Å². The second-order valence-corrected chi connectivity index (χ2v) is 5.99. The second-order valence-electron chi connectivity index (χ2n) is 5.99. The van der Waals surface area contributed by atoms with Crippen LogP contribution in [0.4, 0.5) is 4.79 Å². The molecule has 1 atom stereocenters. The van der Waals surface area contributed by atoms with E-state index in [0.717, 1.165) is 32.2 Å². The topological polar surface area (TPSA) is 53.0 Å². The van der Waals surface area contributed by atoms with Crippen LogP contribution in [0.25, 0.3) is 0 Å². The van der Waals surface area contributed by atoms with Gasteiger partial charge in [0, 0.05) is 26.2 Å². The first kappa shape index (κ1) is 15.2. The molecule has 5 heteroatoms. The number of amides is 1. The molecular weight excluding hydrogens is 232 g/mol. The highest BCUT2D eigenvalue weighted by Gasteiger charge is 2.30. The van der Waals surface area contributed by atoms with Gasteiger partial charge < -0.3 is 14.8 Å². The number of hydroxylamine groups is 2. The van der Waals surface area contributed by atoms with Crippen LogP contribution < -0.4 is 0 Å². The first-order chi connectivity index (χ1) is 8.29. The maximum atomic E-state index is 12.1. The average Bonchev–Trinajstić information content (AvgIpc) is 2.24. The third-order valence-corrected chi connectivity index (χ3v) is 3.04. The summed E-state index contributed by atoms with van der Waals surface area (Å²) in [6.45, 7) is 6.97. The van der Waals surface area contributed by atoms with Crippen LogP contribution in [-0.4, -0.2) is 53.0 Å². The zero-order valence-electron chi connectivity index (χ0n) is 12.0. The fourth-order valence-corrected chi connectivity index (χ4v) is 2.20. The normalized spacial score (nSPS) is 21.2. The van der Waals surface area contributed by atoms with Crippen LogP contribution in [0.5, 0.6) is 0 Å². The van der Waals surface area contributed by atoms with Crippen molar-refractivity contribution in [1.82, 2.24) is 9.96 Å². The minimum absolute atomic E-state index is 0.184. The molecule has 0 bridgehead atoms. The highest BCUT2D eigenvalue weighted by atomic mass is 16.6. The van der Waals surface area contributed by atoms with Crippen molar-refractivity contribution in [2.75, 3.05) is 20.1 Å². The molecule has 1 aliphatic rings. The van der Waals surface area contributed by atoms with Gasteiger partial charge in [-0.15, -0.1) is 0 Å². The molecule has 1 unspecified atom stereocenters. The smallest absolute Gasteiger partial charge is 0.410 e. The van der Waals surface area contributed by atoms with E-state index >= 15 is 0 Å². The highest BCUT2D eigenvalue weighted by molar-refractivity contribution is 5.68. The van der Waals surface area contributed by atoms with E-state index < -0.39 is 5.60 Å². The van der Waals surface area contributed by atoms with Crippen molar-refractivity contribution in [2.24, 2.45) is 0 Å². The van der Waals surface area contributed by atoms with Crippen molar-refractivity contribution in [3.63, 3.8) is 0 Å². The zero-order valence-corrected chi connectivity index (χ0v) is 12.0. The Balaban J connectivity index is 2.55. The van der Waals surface area contributed by atoms with Crippen molar-refractivity contribution in [2.45, 2.75) is 58.1 Å². The number of hydrogen-bond acceptors (Lipinski definition) is 4. The maximum absolute atomic E-state index is 12.1. The minimum Gasteiger partial charge on any atom is -0.444 e. The van der Waals surface area contributed by atoms with E-state index in [0.29, 0.717) is 6.54 Å². The lowest BCUT2D eigenvalue weighted by molar-refractivity contribution is -0.0714. The highest BCUT2D eigenvalue weighted by Crippen LogP contribution is 2.22. The Morgan fingerprint density at radius 3 is 2.67 bits per heavy atom. The molecule has 0 radical (unpaired) electrons. The van der Waals surface area contributed by atoms with E-state index in [1.807, 2.05) is 25.7 Å². The molecule has 0 aromatic carbocycles. The van der Waals surface area contributed by atoms with Gasteiger partial charge in [-0.25, -0.2) is 4.79 Å². The Bertz CT molecular complexity index is 274. The molecule has 0 aromatic rings. The molecule has 1 aliphatic heterocycles. The Kier molecular flexibility index (Phi) is 5.41. The first-order valence-electron chi connectivity index (χ1n) is 6.69. The van der Waals surface area contributed by atoms with Crippen LogP contribution in [0.1, 0.15) is 46.5 Å². The van der Waals surface area contributed by atoms with Crippen LogP contribution in [0, 0.1) is 0 Å². The Labute approximate surface area is 110 Å². The number of hydrogen-bond donors (Lipinski definition) is 1. The third kappa shape index (κ3) is 5.23. The SMILES string of the molecule is CN(O)CCC1CCCCN1C(=O)OC(C)(C)C. The van der Waals surface area contributed by atoms with Gasteiger partial charge in [0.05, 0.1) is 0 Å². The van der Waals surface area contributed by atoms with Gasteiger partial charge in [-0.1, -0.05) is 0 Å². The van der Waals surface area contributed by atoms with E-state index in [1.54, 1.807) is 7.05 Å². The summed E-state index contributed by atoms with van der Waals surface area (Å²) in [6, 6.07) is 0.184. The lowest BCUT2D eigenvalue weighted by atomic mass is 10.00. The fourth-order valence-electron chi connectivity index (χ4n) is 2.20. The Morgan fingerprint density at radius 1 is 1.44 bits per heavy atom. The number of carbonyl (C=O) groups is 1. The number of nitrogens with zero attached hydrogens (tertiary/aromatic N) is 2. The second kappa shape index (κ2) is 6.38. The van der Waals surface area contributed by atoms with E-state index in [2.05, 4.69) is 0 Å². The van der Waals surface area contributed by atoms with Gasteiger partial charge in [-0.3, -0.25) is 0 Å². The number of rotatable bonds is 3. The van der Waals surface area contributed by atoms with Crippen LogP contribution >= 0.6 is 0 Å². The van der Waals surface area contributed by atoms with Crippen molar-refractivity contribution in [3.05, 3.63) is 0 Å². The van der Waals surface area contributed by atoms with Crippen molar-refractivity contribution >= 4 is 6.09 Å². The summed E-state index contributed by atoms with van der Waals surface area (Å²) in [5.74, 6) is 0. The summed E-state index contributed by atoms with van der Waals surface area (Å²) in [5, 5.41) is 10.4. The number of likely N-dealkylation sites (tertiary alicyclic amines) is 1. The lowest BCUT2D eigenvalue weighted by Gasteiger charge is -2.37. The summed E-state index contributed by atoms with van der Waals surface area (Å²) >= 11 is 0. The predicted octanol–water partition coefficient (Wildman–Crippen LogP) is 2.49. The molecule has 1 heterocycles. The van der Waals surface area contributed by atoms with E-state index in [-0.39, 0.29) is 12.1 Å². The molecule has 5 nitrogen and oxygen atoms in total. The summed E-state index contributed by atoms with van der Waals surface area (Å²) in [7, 11) is 1.63. The molecule has 1 fully saturated rings. The van der Waals surface area contributed by atoms with Gasteiger partial charge in [0.1, 0.15) is 5.60 Å². The van der Waals surface area contributed by atoms with E-state index in [4.69, 9.17) is 4.74 Å². The Morgan fingerprint density at radius 2 is 2.11 bits per heavy atom. The maximum Gasteiger partial charge on any atom is 0.410 e. The summed E-state index contributed by atoms with van der Waals surface area (Å²) in [4.78, 5) is 13.9. The monoisotopic (exact) mass is 258 g/mol. The standard InChI is InChI=1S/C13H26N2O3/c1-13(2,3)18-12(16)15-9-6-5-7-11(15)8-10-14(4)17/h11,17H,5-10H2,1-4H3. The molecule has 0 aromatic heterocycles. The first-order valence-corrected chi connectivity index (χ1v) is 6.69. The number of carbonyl (C=O) groups excluding carboxylic acids is 1. The van der Waals surface area contributed by atoms with Crippen molar-refractivity contribution in [3.8, 4) is 0 Å². The van der Waals surface area contributed by atoms with Gasteiger partial charge in [-0.2, -0.15) is 5.06 Å². The predicted molar refractivity (Wildman–Crippen MR) is 69.6 cm³/mol. The average molecular weight is 258 g/mol. The van der Waals surface area contributed by atoms with Gasteiger partial charge in [0.15, 0.2) is 0 Å². The third-order valence-electron chi connectivity index (χ3n) is 3.04. The van der Waals surface area contributed by atoms with E-state index in [9.17, 15) is 10.0 Å².